The van der Waals surface area contributed by atoms with Gasteiger partial charge in [0.1, 0.15) is 0 Å². The van der Waals surface area contributed by atoms with Crippen LogP contribution in [0.5, 0.6) is 0 Å². The Balaban J connectivity index is 2.12. The van der Waals surface area contributed by atoms with Crippen molar-refractivity contribution in [2.24, 2.45) is 0 Å². The average molecular weight is 236 g/mol. The number of nitrogen functional groups attached to an aromatic ring is 1. The largest absolute Gasteiger partial charge is 0.397 e. The van der Waals surface area contributed by atoms with Crippen LogP contribution in [0.15, 0.2) is 30.5 Å². The topological polar surface area (TPSA) is 63.8 Å². The van der Waals surface area contributed by atoms with Gasteiger partial charge in [0.25, 0.3) is 0 Å². The van der Waals surface area contributed by atoms with E-state index in [0.717, 1.165) is 12.1 Å². The molecule has 0 aliphatic carbocycles. The van der Waals surface area contributed by atoms with Crippen LogP contribution in [0.2, 0.25) is 0 Å². The fourth-order valence-corrected chi connectivity index (χ4v) is 1.33. The molecular formula is C11H10F2N4. The smallest absolute Gasteiger partial charge is 0.161 e. The van der Waals surface area contributed by atoms with Crippen LogP contribution in [-0.2, 0) is 6.54 Å². The second kappa shape index (κ2) is 4.73. The van der Waals surface area contributed by atoms with E-state index in [1.54, 1.807) is 18.3 Å². The molecule has 0 amide bonds. The van der Waals surface area contributed by atoms with E-state index in [9.17, 15) is 8.78 Å². The zero-order valence-corrected chi connectivity index (χ0v) is 8.82. The monoisotopic (exact) mass is 236 g/mol. The van der Waals surface area contributed by atoms with Crippen LogP contribution in [0, 0.1) is 11.6 Å². The Labute approximate surface area is 96.5 Å². The van der Waals surface area contributed by atoms with Crippen LogP contribution in [0.3, 0.4) is 0 Å². The summed E-state index contributed by atoms with van der Waals surface area (Å²) in [6.45, 7) is 0.336. The number of anilines is 2. The van der Waals surface area contributed by atoms with Gasteiger partial charge >= 0.3 is 0 Å². The van der Waals surface area contributed by atoms with Crippen molar-refractivity contribution in [2.75, 3.05) is 11.1 Å². The van der Waals surface area contributed by atoms with E-state index < -0.39 is 11.6 Å². The number of nitrogens with two attached hydrogens (primary N) is 1. The van der Waals surface area contributed by atoms with Gasteiger partial charge in [-0.1, -0.05) is 0 Å². The number of rotatable bonds is 3. The highest BCUT2D eigenvalue weighted by molar-refractivity contribution is 5.66. The van der Waals surface area contributed by atoms with E-state index in [-0.39, 0.29) is 5.69 Å². The molecule has 0 saturated carbocycles. The molecule has 1 aromatic heterocycles. The third kappa shape index (κ3) is 2.66. The zero-order valence-electron chi connectivity index (χ0n) is 8.82. The lowest BCUT2D eigenvalue weighted by molar-refractivity contribution is 0.509. The minimum Gasteiger partial charge on any atom is -0.397 e. The van der Waals surface area contributed by atoms with Crippen LogP contribution in [0.25, 0.3) is 0 Å². The highest BCUT2D eigenvalue weighted by atomic mass is 19.2. The van der Waals surface area contributed by atoms with Crippen LogP contribution < -0.4 is 11.1 Å². The first-order valence-corrected chi connectivity index (χ1v) is 4.92. The van der Waals surface area contributed by atoms with Crippen molar-refractivity contribution in [1.29, 1.82) is 0 Å². The first-order valence-electron chi connectivity index (χ1n) is 4.92. The second-order valence-electron chi connectivity index (χ2n) is 3.42. The maximum Gasteiger partial charge on any atom is 0.161 e. The van der Waals surface area contributed by atoms with Gasteiger partial charge in [0, 0.05) is 18.3 Å². The molecule has 0 aliphatic heterocycles. The van der Waals surface area contributed by atoms with Crippen molar-refractivity contribution in [3.63, 3.8) is 0 Å². The molecule has 2 rings (SSSR count). The van der Waals surface area contributed by atoms with Gasteiger partial charge in [-0.2, -0.15) is 10.2 Å². The summed E-state index contributed by atoms with van der Waals surface area (Å²) in [6, 6.07) is 5.45. The molecule has 0 unspecified atom stereocenters. The molecule has 0 saturated heterocycles. The van der Waals surface area contributed by atoms with Gasteiger partial charge in [-0.3, -0.25) is 0 Å². The standard InChI is InChI=1S/C11H10F2N4/c12-8-4-10(14)11(5-9(8)13)15-6-7-2-1-3-16-17-7/h1-5,15H,6,14H2. The van der Waals surface area contributed by atoms with E-state index in [4.69, 9.17) is 5.73 Å². The fourth-order valence-electron chi connectivity index (χ4n) is 1.33. The van der Waals surface area contributed by atoms with Crippen LogP contribution in [0.4, 0.5) is 20.2 Å². The minimum absolute atomic E-state index is 0.146. The van der Waals surface area contributed by atoms with Crippen LogP contribution >= 0.6 is 0 Å². The molecule has 0 fully saturated rings. The first kappa shape index (κ1) is 11.3. The Morgan fingerprint density at radius 2 is 2.00 bits per heavy atom. The first-order chi connectivity index (χ1) is 8.16. The average Bonchev–Trinajstić information content (AvgIpc) is 2.33. The highest BCUT2D eigenvalue weighted by Gasteiger charge is 2.07. The van der Waals surface area contributed by atoms with Crippen molar-refractivity contribution >= 4 is 11.4 Å². The molecule has 17 heavy (non-hydrogen) atoms. The summed E-state index contributed by atoms with van der Waals surface area (Å²) in [6.07, 6.45) is 1.55. The summed E-state index contributed by atoms with van der Waals surface area (Å²) in [4.78, 5) is 0. The molecule has 88 valence electrons. The molecule has 0 atom stereocenters. The van der Waals surface area contributed by atoms with Crippen molar-refractivity contribution in [1.82, 2.24) is 10.2 Å². The number of hydrogen-bond donors (Lipinski definition) is 2. The van der Waals surface area contributed by atoms with Crippen LogP contribution in [-0.4, -0.2) is 10.2 Å². The molecule has 2 aromatic rings. The lowest BCUT2D eigenvalue weighted by Gasteiger charge is -2.09. The van der Waals surface area contributed by atoms with E-state index in [2.05, 4.69) is 15.5 Å². The molecule has 0 bridgehead atoms. The number of halogens is 2. The molecular weight excluding hydrogens is 226 g/mol. The highest BCUT2D eigenvalue weighted by Crippen LogP contribution is 2.22. The summed E-state index contributed by atoms with van der Waals surface area (Å²) >= 11 is 0. The Morgan fingerprint density at radius 3 is 2.71 bits per heavy atom. The second-order valence-corrected chi connectivity index (χ2v) is 3.42. The van der Waals surface area contributed by atoms with Gasteiger partial charge < -0.3 is 11.1 Å². The Morgan fingerprint density at radius 1 is 1.24 bits per heavy atom. The molecule has 4 nitrogen and oxygen atoms in total. The quantitative estimate of drug-likeness (QED) is 0.799. The van der Waals surface area contributed by atoms with E-state index >= 15 is 0 Å². The lowest BCUT2D eigenvalue weighted by Crippen LogP contribution is -2.05. The SMILES string of the molecule is Nc1cc(F)c(F)cc1NCc1cccnn1. The number of benzene rings is 1. The number of nitrogens with zero attached hydrogens (tertiary/aromatic N) is 2. The van der Waals surface area contributed by atoms with Crippen molar-refractivity contribution in [3.05, 3.63) is 47.8 Å². The molecule has 1 heterocycles. The molecule has 3 N–H and O–H groups in total. The summed E-state index contributed by atoms with van der Waals surface area (Å²) in [5, 5.41) is 10.4. The minimum atomic E-state index is -0.965. The summed E-state index contributed by atoms with van der Waals surface area (Å²) in [7, 11) is 0. The maximum atomic E-state index is 13.0. The molecule has 0 aliphatic rings. The van der Waals surface area contributed by atoms with Gasteiger partial charge in [-0.15, -0.1) is 0 Å². The predicted octanol–water partition coefficient (Wildman–Crippen LogP) is 1.95. The van der Waals surface area contributed by atoms with E-state index in [1.165, 1.54) is 0 Å². The van der Waals surface area contributed by atoms with Crippen molar-refractivity contribution in [3.8, 4) is 0 Å². The van der Waals surface area contributed by atoms with Gasteiger partial charge in [-0.25, -0.2) is 8.78 Å². The Kier molecular flexibility index (Phi) is 3.13. The van der Waals surface area contributed by atoms with Crippen LogP contribution in [0.1, 0.15) is 5.69 Å². The predicted molar refractivity (Wildman–Crippen MR) is 60.1 cm³/mol. The molecule has 1 aromatic carbocycles. The molecule has 0 spiro atoms. The number of nitrogens with one attached hydrogen (secondary N) is 1. The zero-order chi connectivity index (χ0) is 12.3. The third-order valence-electron chi connectivity index (χ3n) is 2.18. The van der Waals surface area contributed by atoms with Gasteiger partial charge in [0.15, 0.2) is 11.6 Å². The maximum absolute atomic E-state index is 13.0. The number of hydrogen-bond acceptors (Lipinski definition) is 4. The summed E-state index contributed by atoms with van der Waals surface area (Å²) in [5.74, 6) is -1.91. The van der Waals surface area contributed by atoms with E-state index in [0.29, 0.717) is 17.9 Å². The molecule has 0 radical (unpaired) electrons. The summed E-state index contributed by atoms with van der Waals surface area (Å²) in [5.41, 5.74) is 6.70. The van der Waals surface area contributed by atoms with E-state index in [1.807, 2.05) is 0 Å². The Hall–Kier alpha value is -2.24. The fraction of sp³-hybridized carbons (Fsp3) is 0.0909. The number of aromatic nitrogens is 2. The van der Waals surface area contributed by atoms with Gasteiger partial charge in [0.05, 0.1) is 23.6 Å². The normalized spacial score (nSPS) is 10.2. The lowest BCUT2D eigenvalue weighted by atomic mass is 10.2. The van der Waals surface area contributed by atoms with Crippen molar-refractivity contribution in [2.45, 2.75) is 6.54 Å². The van der Waals surface area contributed by atoms with Gasteiger partial charge in [0.2, 0.25) is 0 Å². The van der Waals surface area contributed by atoms with Gasteiger partial charge in [-0.05, 0) is 12.1 Å². The third-order valence-corrected chi connectivity index (χ3v) is 2.18. The molecule has 6 heteroatoms. The summed E-state index contributed by atoms with van der Waals surface area (Å²) < 4.78 is 25.8. The van der Waals surface area contributed by atoms with Crippen molar-refractivity contribution < 1.29 is 8.78 Å². The Bertz CT molecular complexity index is 516.